The maximum Gasteiger partial charge on any atom is 0.409 e. The predicted molar refractivity (Wildman–Crippen MR) is 99.7 cm³/mol. The first-order chi connectivity index (χ1) is 13.5. The van der Waals surface area contributed by atoms with Crippen LogP contribution in [0.3, 0.4) is 0 Å². The van der Waals surface area contributed by atoms with Crippen LogP contribution in [0, 0.1) is 11.2 Å². The molecule has 1 aliphatic heterocycles. The summed E-state index contributed by atoms with van der Waals surface area (Å²) in [6, 6.07) is 6.15. The Labute approximate surface area is 163 Å². The van der Waals surface area contributed by atoms with Gasteiger partial charge in [-0.1, -0.05) is 18.2 Å². The first-order valence-electron chi connectivity index (χ1n) is 9.70. The molecule has 0 spiro atoms. The third-order valence-corrected chi connectivity index (χ3v) is 5.37. The molecule has 0 aromatic heterocycles. The molecule has 2 aliphatic rings. The smallest absolute Gasteiger partial charge is 0.409 e. The van der Waals surface area contributed by atoms with E-state index in [2.05, 4.69) is 10.6 Å². The van der Waals surface area contributed by atoms with Crippen LogP contribution in [0.4, 0.5) is 9.18 Å². The van der Waals surface area contributed by atoms with E-state index in [4.69, 9.17) is 4.74 Å². The van der Waals surface area contributed by atoms with Crippen molar-refractivity contribution in [2.45, 2.75) is 45.2 Å². The Kier molecular flexibility index (Phi) is 6.16. The van der Waals surface area contributed by atoms with Gasteiger partial charge in [-0.3, -0.25) is 9.59 Å². The molecule has 7 nitrogen and oxygen atoms in total. The van der Waals surface area contributed by atoms with Crippen LogP contribution in [-0.4, -0.2) is 48.5 Å². The molecular formula is C20H26FN3O4. The van der Waals surface area contributed by atoms with Crippen LogP contribution in [0.25, 0.3) is 0 Å². The molecule has 1 aromatic rings. The van der Waals surface area contributed by atoms with Crippen LogP contribution in [0.5, 0.6) is 0 Å². The summed E-state index contributed by atoms with van der Waals surface area (Å²) in [5.41, 5.74) is -0.665. The molecule has 0 radical (unpaired) electrons. The Morgan fingerprint density at radius 2 is 1.86 bits per heavy atom. The summed E-state index contributed by atoms with van der Waals surface area (Å²) < 4.78 is 18.7. The largest absolute Gasteiger partial charge is 0.450 e. The van der Waals surface area contributed by atoms with Crippen LogP contribution >= 0.6 is 0 Å². The number of piperidine rings is 1. The fourth-order valence-corrected chi connectivity index (χ4v) is 3.41. The molecule has 1 saturated carbocycles. The Bertz CT molecular complexity index is 743. The van der Waals surface area contributed by atoms with Crippen molar-refractivity contribution >= 4 is 17.9 Å². The topological polar surface area (TPSA) is 87.7 Å². The lowest BCUT2D eigenvalue weighted by Gasteiger charge is -2.32. The number of benzene rings is 1. The number of nitrogens with one attached hydrogen (secondary N) is 2. The molecule has 2 N–H and O–H groups in total. The fourth-order valence-electron chi connectivity index (χ4n) is 3.41. The summed E-state index contributed by atoms with van der Waals surface area (Å²) in [5, 5.41) is 5.64. The third-order valence-electron chi connectivity index (χ3n) is 5.37. The SMILES string of the molecule is CCOC(=O)N1CCC(NC(=O)C2(C(=O)NCc3ccccc3F)CC2)CC1. The third kappa shape index (κ3) is 4.43. The lowest BCUT2D eigenvalue weighted by atomic mass is 10.0. The number of rotatable bonds is 6. The highest BCUT2D eigenvalue weighted by molar-refractivity contribution is 6.07. The van der Waals surface area contributed by atoms with Crippen LogP contribution in [0.15, 0.2) is 24.3 Å². The molecule has 2 fully saturated rings. The van der Waals surface area contributed by atoms with E-state index in [1.54, 1.807) is 30.0 Å². The van der Waals surface area contributed by atoms with Crippen molar-refractivity contribution in [1.29, 1.82) is 0 Å². The van der Waals surface area contributed by atoms with Crippen LogP contribution in [0.2, 0.25) is 0 Å². The number of likely N-dealkylation sites (tertiary alicyclic amines) is 1. The summed E-state index contributed by atoms with van der Waals surface area (Å²) in [6.07, 6.45) is 1.89. The minimum atomic E-state index is -1.05. The van der Waals surface area contributed by atoms with Gasteiger partial charge < -0.3 is 20.3 Å². The number of carbonyl (C=O) groups is 3. The molecule has 152 valence electrons. The van der Waals surface area contributed by atoms with Crippen LogP contribution in [-0.2, 0) is 20.9 Å². The number of hydrogen-bond donors (Lipinski definition) is 2. The maximum absolute atomic E-state index is 13.7. The van der Waals surface area contributed by atoms with E-state index in [0.717, 1.165) is 0 Å². The molecule has 0 atom stereocenters. The summed E-state index contributed by atoms with van der Waals surface area (Å²) in [4.78, 5) is 38.6. The zero-order valence-corrected chi connectivity index (χ0v) is 16.0. The average Bonchev–Trinajstić information content (AvgIpc) is 3.50. The quantitative estimate of drug-likeness (QED) is 0.726. The Morgan fingerprint density at radius 3 is 2.46 bits per heavy atom. The molecule has 0 bridgehead atoms. The van der Waals surface area contributed by atoms with Crippen molar-refractivity contribution in [3.63, 3.8) is 0 Å². The molecule has 1 aliphatic carbocycles. The molecular weight excluding hydrogens is 365 g/mol. The first kappa shape index (κ1) is 20.1. The van der Waals surface area contributed by atoms with E-state index in [0.29, 0.717) is 50.9 Å². The van der Waals surface area contributed by atoms with Gasteiger partial charge in [0.05, 0.1) is 6.61 Å². The van der Waals surface area contributed by atoms with E-state index < -0.39 is 5.41 Å². The Hall–Kier alpha value is -2.64. The van der Waals surface area contributed by atoms with Crippen molar-refractivity contribution in [3.8, 4) is 0 Å². The number of carbonyl (C=O) groups excluding carboxylic acids is 3. The predicted octanol–water partition coefficient (Wildman–Crippen LogP) is 1.96. The second kappa shape index (κ2) is 8.58. The zero-order valence-electron chi connectivity index (χ0n) is 16.0. The average molecular weight is 391 g/mol. The monoisotopic (exact) mass is 391 g/mol. The molecule has 8 heteroatoms. The standard InChI is InChI=1S/C20H26FN3O4/c1-2-28-19(27)24-11-7-15(8-12-24)23-18(26)20(9-10-20)17(25)22-13-14-5-3-4-6-16(14)21/h3-6,15H,2,7-13H2,1H3,(H,22,25)(H,23,26). The van der Waals surface area contributed by atoms with Gasteiger partial charge in [-0.05, 0) is 38.7 Å². The van der Waals surface area contributed by atoms with Gasteiger partial charge in [0, 0.05) is 31.2 Å². The van der Waals surface area contributed by atoms with Crippen LogP contribution < -0.4 is 10.6 Å². The van der Waals surface area contributed by atoms with Crippen molar-refractivity contribution in [2.24, 2.45) is 5.41 Å². The fraction of sp³-hybridized carbons (Fsp3) is 0.550. The number of ether oxygens (including phenoxy) is 1. The van der Waals surface area contributed by atoms with E-state index >= 15 is 0 Å². The second-order valence-corrected chi connectivity index (χ2v) is 7.29. The van der Waals surface area contributed by atoms with Crippen molar-refractivity contribution in [3.05, 3.63) is 35.6 Å². The number of amides is 3. The van der Waals surface area contributed by atoms with Crippen molar-refractivity contribution in [1.82, 2.24) is 15.5 Å². The van der Waals surface area contributed by atoms with Crippen LogP contribution in [0.1, 0.15) is 38.2 Å². The first-order valence-corrected chi connectivity index (χ1v) is 9.70. The minimum absolute atomic E-state index is 0.0540. The van der Waals surface area contributed by atoms with E-state index in [9.17, 15) is 18.8 Å². The highest BCUT2D eigenvalue weighted by atomic mass is 19.1. The van der Waals surface area contributed by atoms with Gasteiger partial charge in [-0.15, -0.1) is 0 Å². The number of halogens is 1. The lowest BCUT2D eigenvalue weighted by molar-refractivity contribution is -0.137. The van der Waals surface area contributed by atoms with E-state index in [-0.39, 0.29) is 36.3 Å². The molecule has 28 heavy (non-hydrogen) atoms. The summed E-state index contributed by atoms with van der Waals surface area (Å²) in [6.45, 7) is 3.17. The molecule has 1 saturated heterocycles. The van der Waals surface area contributed by atoms with Gasteiger partial charge in [0.1, 0.15) is 11.2 Å². The summed E-state index contributed by atoms with van der Waals surface area (Å²) in [7, 11) is 0. The molecule has 3 rings (SSSR count). The Balaban J connectivity index is 1.48. The number of hydrogen-bond acceptors (Lipinski definition) is 4. The van der Waals surface area contributed by atoms with Gasteiger partial charge in [0.2, 0.25) is 11.8 Å². The highest BCUT2D eigenvalue weighted by Gasteiger charge is 2.56. The molecule has 0 unspecified atom stereocenters. The minimum Gasteiger partial charge on any atom is -0.450 e. The summed E-state index contributed by atoms with van der Waals surface area (Å²) >= 11 is 0. The molecule has 3 amide bonds. The van der Waals surface area contributed by atoms with Gasteiger partial charge in [0.15, 0.2) is 0 Å². The van der Waals surface area contributed by atoms with Crippen molar-refractivity contribution < 1.29 is 23.5 Å². The van der Waals surface area contributed by atoms with Gasteiger partial charge in [-0.2, -0.15) is 0 Å². The Morgan fingerprint density at radius 1 is 1.18 bits per heavy atom. The van der Waals surface area contributed by atoms with Gasteiger partial charge >= 0.3 is 6.09 Å². The van der Waals surface area contributed by atoms with Gasteiger partial charge in [0.25, 0.3) is 0 Å². The van der Waals surface area contributed by atoms with E-state index in [1.807, 2.05) is 0 Å². The zero-order chi connectivity index (χ0) is 20.1. The maximum atomic E-state index is 13.7. The normalized spacial score (nSPS) is 18.3. The van der Waals surface area contributed by atoms with Crippen molar-refractivity contribution in [2.75, 3.05) is 19.7 Å². The molecule has 1 heterocycles. The highest BCUT2D eigenvalue weighted by Crippen LogP contribution is 2.46. The van der Waals surface area contributed by atoms with Gasteiger partial charge in [-0.25, -0.2) is 9.18 Å². The summed E-state index contributed by atoms with van der Waals surface area (Å²) in [5.74, 6) is -1.03. The lowest BCUT2D eigenvalue weighted by Crippen LogP contribution is -2.50. The number of nitrogens with zero attached hydrogens (tertiary/aromatic N) is 1. The van der Waals surface area contributed by atoms with E-state index in [1.165, 1.54) is 6.07 Å². The second-order valence-electron chi connectivity index (χ2n) is 7.29. The molecule has 1 aromatic carbocycles.